The highest BCUT2D eigenvalue weighted by molar-refractivity contribution is 8.00. The maximum Gasteiger partial charge on any atom is 0.228 e. The van der Waals surface area contributed by atoms with Gasteiger partial charge in [0.05, 0.1) is 33.7 Å². The summed E-state index contributed by atoms with van der Waals surface area (Å²) in [6.45, 7) is 3.80. The number of thiophene rings is 1. The third-order valence-corrected chi connectivity index (χ3v) is 7.40. The zero-order chi connectivity index (χ0) is 21.3. The first-order valence-corrected chi connectivity index (χ1v) is 11.6. The van der Waals surface area contributed by atoms with Crippen molar-refractivity contribution in [2.75, 3.05) is 5.75 Å². The van der Waals surface area contributed by atoms with E-state index in [0.717, 1.165) is 39.2 Å². The van der Waals surface area contributed by atoms with Crippen molar-refractivity contribution in [3.05, 3.63) is 57.4 Å². The average Bonchev–Trinajstić information content (AvgIpc) is 3.42. The summed E-state index contributed by atoms with van der Waals surface area (Å²) < 4.78 is 0. The number of thioether (sulfide) groups is 1. The molecule has 0 bridgehead atoms. The molecule has 1 atom stereocenters. The Labute approximate surface area is 183 Å². The second-order valence-corrected chi connectivity index (χ2v) is 9.66. The fraction of sp³-hybridized carbons (Fsp3) is 0.304. The molecule has 1 saturated carbocycles. The van der Waals surface area contributed by atoms with Crippen LogP contribution in [0, 0.1) is 18.3 Å². The molecule has 7 heteroatoms. The largest absolute Gasteiger partial charge is 0.353 e. The second-order valence-electron chi connectivity index (χ2n) is 7.52. The Balaban J connectivity index is 1.47. The molecule has 0 radical (unpaired) electrons. The lowest BCUT2D eigenvalue weighted by atomic mass is 10.1. The van der Waals surface area contributed by atoms with Crippen LogP contribution in [0.3, 0.4) is 0 Å². The maximum atomic E-state index is 12.8. The summed E-state index contributed by atoms with van der Waals surface area (Å²) in [5.41, 5.74) is 2.26. The van der Waals surface area contributed by atoms with Gasteiger partial charge in [0.15, 0.2) is 5.78 Å². The highest BCUT2D eigenvalue weighted by Crippen LogP contribution is 2.31. The van der Waals surface area contributed by atoms with Crippen molar-refractivity contribution in [2.45, 2.75) is 43.5 Å². The van der Waals surface area contributed by atoms with Crippen LogP contribution in [0.15, 0.2) is 41.3 Å². The van der Waals surface area contributed by atoms with Gasteiger partial charge in [-0.15, -0.1) is 23.1 Å². The van der Waals surface area contributed by atoms with Crippen LogP contribution in [-0.2, 0) is 4.79 Å². The van der Waals surface area contributed by atoms with Crippen LogP contribution in [0.4, 0.5) is 0 Å². The molecule has 5 nitrogen and oxygen atoms in total. The smallest absolute Gasteiger partial charge is 0.228 e. The van der Waals surface area contributed by atoms with E-state index in [1.54, 1.807) is 6.07 Å². The highest BCUT2D eigenvalue weighted by atomic mass is 32.2. The predicted octanol–water partition coefficient (Wildman–Crippen LogP) is 4.83. The quantitative estimate of drug-likeness (QED) is 0.424. The number of pyridine rings is 1. The Morgan fingerprint density at radius 2 is 2.10 bits per heavy atom. The van der Waals surface area contributed by atoms with E-state index in [4.69, 9.17) is 0 Å². The molecule has 1 N–H and O–H groups in total. The molecule has 0 saturated heterocycles. The number of Topliss-reactive ketones (excluding diaryl/α,β-unsaturated/α-hetero) is 1. The number of rotatable bonds is 7. The maximum absolute atomic E-state index is 12.8. The third-order valence-electron chi connectivity index (χ3n) is 5.03. The number of hydrogen-bond acceptors (Lipinski definition) is 6. The number of nitrogens with zero attached hydrogens (tertiary/aromatic N) is 2. The van der Waals surface area contributed by atoms with E-state index in [1.807, 2.05) is 44.2 Å². The summed E-state index contributed by atoms with van der Waals surface area (Å²) in [7, 11) is 0. The van der Waals surface area contributed by atoms with Crippen LogP contribution in [0.5, 0.6) is 0 Å². The van der Waals surface area contributed by atoms with Crippen LogP contribution >= 0.6 is 23.1 Å². The van der Waals surface area contributed by atoms with E-state index in [1.165, 1.54) is 23.1 Å². The van der Waals surface area contributed by atoms with Crippen LogP contribution in [0.25, 0.3) is 10.9 Å². The predicted molar refractivity (Wildman–Crippen MR) is 120 cm³/mol. The number of aryl methyl sites for hydroxylation is 1. The number of carbonyl (C=O) groups is 2. The van der Waals surface area contributed by atoms with Crippen LogP contribution in [0.2, 0.25) is 0 Å². The molecule has 2 heterocycles. The van der Waals surface area contributed by atoms with Crippen molar-refractivity contribution in [1.29, 1.82) is 5.26 Å². The van der Waals surface area contributed by atoms with Gasteiger partial charge in [-0.2, -0.15) is 5.26 Å². The van der Waals surface area contributed by atoms with E-state index in [2.05, 4.69) is 16.4 Å². The summed E-state index contributed by atoms with van der Waals surface area (Å²) in [5.74, 6) is 0.101. The number of nitriles is 1. The van der Waals surface area contributed by atoms with Crippen molar-refractivity contribution in [3.8, 4) is 6.07 Å². The van der Waals surface area contributed by atoms with Gasteiger partial charge in [0.1, 0.15) is 0 Å². The van der Waals surface area contributed by atoms with Crippen LogP contribution in [-0.4, -0.2) is 28.5 Å². The standard InChI is InChI=1S/C23H21N3O2S2/c1-13-9-22(17-10-15(11-24)3-6-18(17)25-13)29-12-19(27)21-8-7-20(30-21)14(2)23(28)26-16-4-5-16/h3,6-10,14,16H,4-5,12H2,1-2H3,(H,26,28). The van der Waals surface area contributed by atoms with E-state index >= 15 is 0 Å². The molecule has 1 amide bonds. The van der Waals surface area contributed by atoms with Gasteiger partial charge in [-0.25, -0.2) is 0 Å². The monoisotopic (exact) mass is 435 g/mol. The van der Waals surface area contributed by atoms with Gasteiger partial charge < -0.3 is 5.32 Å². The molecule has 4 rings (SSSR count). The minimum atomic E-state index is -0.249. The number of aromatic nitrogens is 1. The number of nitrogens with one attached hydrogen (secondary N) is 1. The lowest BCUT2D eigenvalue weighted by Crippen LogP contribution is -2.29. The molecule has 1 unspecified atom stereocenters. The van der Waals surface area contributed by atoms with Crippen molar-refractivity contribution < 1.29 is 9.59 Å². The van der Waals surface area contributed by atoms with Crippen molar-refractivity contribution in [1.82, 2.24) is 10.3 Å². The molecule has 30 heavy (non-hydrogen) atoms. The molecule has 0 spiro atoms. The summed E-state index contributed by atoms with van der Waals surface area (Å²) >= 11 is 2.85. The molecule has 1 aromatic carbocycles. The summed E-state index contributed by atoms with van der Waals surface area (Å²) in [4.78, 5) is 32.1. The Kier molecular flexibility index (Phi) is 5.89. The lowest BCUT2D eigenvalue weighted by molar-refractivity contribution is -0.122. The molecule has 3 aromatic rings. The molecule has 152 valence electrons. The zero-order valence-electron chi connectivity index (χ0n) is 16.8. The highest BCUT2D eigenvalue weighted by Gasteiger charge is 2.27. The number of benzene rings is 1. The van der Waals surface area contributed by atoms with E-state index in [9.17, 15) is 14.9 Å². The van der Waals surface area contributed by atoms with Crippen molar-refractivity contribution in [3.63, 3.8) is 0 Å². The molecule has 1 fully saturated rings. The van der Waals surface area contributed by atoms with Gasteiger partial charge >= 0.3 is 0 Å². The Morgan fingerprint density at radius 1 is 1.30 bits per heavy atom. The minimum Gasteiger partial charge on any atom is -0.353 e. The fourth-order valence-corrected chi connectivity index (χ4v) is 5.24. The van der Waals surface area contributed by atoms with Gasteiger partial charge in [0.2, 0.25) is 5.91 Å². The lowest BCUT2D eigenvalue weighted by Gasteiger charge is -2.09. The molecular formula is C23H21N3O2S2. The van der Waals surface area contributed by atoms with Crippen molar-refractivity contribution >= 4 is 45.7 Å². The summed E-state index contributed by atoms with van der Waals surface area (Å²) in [5, 5.41) is 13.1. The van der Waals surface area contributed by atoms with Gasteiger partial charge in [-0.3, -0.25) is 14.6 Å². The summed E-state index contributed by atoms with van der Waals surface area (Å²) in [6.07, 6.45) is 2.12. The SMILES string of the molecule is Cc1cc(SCC(=O)c2ccc(C(C)C(=O)NC3CC3)s2)c2cc(C#N)ccc2n1. The Bertz CT molecular complexity index is 1170. The first-order valence-electron chi connectivity index (χ1n) is 9.82. The number of hydrogen-bond donors (Lipinski definition) is 1. The van der Waals surface area contributed by atoms with E-state index in [-0.39, 0.29) is 23.4 Å². The molecule has 1 aliphatic carbocycles. The first kappa shape index (κ1) is 20.6. The number of amides is 1. The number of fused-ring (bicyclic) bond motifs is 1. The number of ketones is 1. The fourth-order valence-electron chi connectivity index (χ4n) is 3.14. The van der Waals surface area contributed by atoms with Gasteiger partial charge in [-0.1, -0.05) is 0 Å². The third kappa shape index (κ3) is 4.55. The second kappa shape index (κ2) is 8.58. The van der Waals surface area contributed by atoms with Gasteiger partial charge in [-0.05, 0) is 63.1 Å². The first-order chi connectivity index (χ1) is 14.4. The molecular weight excluding hydrogens is 414 g/mol. The molecule has 2 aromatic heterocycles. The van der Waals surface area contributed by atoms with Crippen molar-refractivity contribution in [2.24, 2.45) is 0 Å². The van der Waals surface area contributed by atoms with E-state index in [0.29, 0.717) is 16.5 Å². The molecule has 1 aliphatic rings. The van der Waals surface area contributed by atoms with Crippen LogP contribution < -0.4 is 5.32 Å². The normalized spacial score (nSPS) is 14.3. The van der Waals surface area contributed by atoms with E-state index < -0.39 is 0 Å². The Morgan fingerprint density at radius 3 is 2.83 bits per heavy atom. The average molecular weight is 436 g/mol. The zero-order valence-corrected chi connectivity index (χ0v) is 18.4. The van der Waals surface area contributed by atoms with Crippen LogP contribution in [0.1, 0.15) is 51.5 Å². The molecule has 0 aliphatic heterocycles. The summed E-state index contributed by atoms with van der Waals surface area (Å²) in [6, 6.07) is 13.5. The topological polar surface area (TPSA) is 82.9 Å². The number of carbonyl (C=O) groups excluding carboxylic acids is 2. The Hall–Kier alpha value is -2.69. The minimum absolute atomic E-state index is 0.0275. The van der Waals surface area contributed by atoms with Gasteiger partial charge in [0, 0.05) is 26.9 Å². The van der Waals surface area contributed by atoms with Gasteiger partial charge in [0.25, 0.3) is 0 Å².